The minimum Gasteiger partial charge on any atom is -0.484 e. The molecule has 4 heteroatoms. The number of amides is 1. The van der Waals surface area contributed by atoms with Crippen LogP contribution in [0.15, 0.2) is 24.3 Å². The van der Waals surface area contributed by atoms with Gasteiger partial charge in [0.25, 0.3) is 5.91 Å². The molecule has 0 unspecified atom stereocenters. The number of anilines is 1. The molecule has 1 heterocycles. The van der Waals surface area contributed by atoms with Gasteiger partial charge in [-0.05, 0) is 30.9 Å². The molecule has 1 aromatic rings. The molecule has 0 spiro atoms. The van der Waals surface area contributed by atoms with Crippen LogP contribution in [0.2, 0.25) is 0 Å². The summed E-state index contributed by atoms with van der Waals surface area (Å²) in [4.78, 5) is 14.0. The third kappa shape index (κ3) is 4.15. The highest BCUT2D eigenvalue weighted by Gasteiger charge is 2.22. The van der Waals surface area contributed by atoms with Gasteiger partial charge in [0.05, 0.1) is 0 Å². The Balaban J connectivity index is 1.76. The third-order valence-electron chi connectivity index (χ3n) is 3.88. The predicted octanol–water partition coefficient (Wildman–Crippen LogP) is 2.69. The van der Waals surface area contributed by atoms with Gasteiger partial charge in [0.15, 0.2) is 6.61 Å². The predicted molar refractivity (Wildman–Crippen MR) is 80.6 cm³/mol. The maximum atomic E-state index is 12.1. The number of nitrogens with two attached hydrogens (primary N) is 1. The van der Waals surface area contributed by atoms with Gasteiger partial charge in [-0.2, -0.15) is 0 Å². The van der Waals surface area contributed by atoms with Gasteiger partial charge in [0.1, 0.15) is 5.75 Å². The molecule has 0 saturated carbocycles. The molecule has 1 aliphatic heterocycles. The fourth-order valence-electron chi connectivity index (χ4n) is 2.72. The first-order chi connectivity index (χ1) is 9.69. The van der Waals surface area contributed by atoms with E-state index in [0.717, 1.165) is 31.8 Å². The summed E-state index contributed by atoms with van der Waals surface area (Å²) in [5.74, 6) is 1.51. The zero-order valence-electron chi connectivity index (χ0n) is 12.2. The lowest BCUT2D eigenvalue weighted by molar-refractivity contribution is -0.134. The SMILES string of the molecule is CCCC1CCN(C(=O)COc2cccc(N)c2)CC1. The normalized spacial score (nSPS) is 16.1. The van der Waals surface area contributed by atoms with Crippen molar-refractivity contribution in [2.75, 3.05) is 25.4 Å². The highest BCUT2D eigenvalue weighted by molar-refractivity contribution is 5.77. The number of carbonyl (C=O) groups is 1. The lowest BCUT2D eigenvalue weighted by Gasteiger charge is -2.31. The van der Waals surface area contributed by atoms with Crippen molar-refractivity contribution in [2.45, 2.75) is 32.6 Å². The largest absolute Gasteiger partial charge is 0.484 e. The average Bonchev–Trinajstić information content (AvgIpc) is 2.46. The molecule has 20 heavy (non-hydrogen) atoms. The van der Waals surface area contributed by atoms with E-state index in [4.69, 9.17) is 10.5 Å². The summed E-state index contributed by atoms with van der Waals surface area (Å²) in [7, 11) is 0. The van der Waals surface area contributed by atoms with E-state index in [1.165, 1.54) is 12.8 Å². The molecule has 0 radical (unpaired) electrons. The molecule has 0 bridgehead atoms. The van der Waals surface area contributed by atoms with Gasteiger partial charge in [0.2, 0.25) is 0 Å². The summed E-state index contributed by atoms with van der Waals surface area (Å²) in [6.45, 7) is 4.05. The van der Waals surface area contributed by atoms with Crippen LogP contribution in [0.4, 0.5) is 5.69 Å². The van der Waals surface area contributed by atoms with Gasteiger partial charge in [-0.3, -0.25) is 4.79 Å². The van der Waals surface area contributed by atoms with Crippen LogP contribution in [-0.4, -0.2) is 30.5 Å². The molecule has 1 saturated heterocycles. The zero-order valence-corrected chi connectivity index (χ0v) is 12.2. The van der Waals surface area contributed by atoms with E-state index < -0.39 is 0 Å². The molecule has 2 N–H and O–H groups in total. The van der Waals surface area contributed by atoms with E-state index in [-0.39, 0.29) is 12.5 Å². The first kappa shape index (κ1) is 14.7. The number of hydrogen-bond donors (Lipinski definition) is 1. The maximum absolute atomic E-state index is 12.1. The summed E-state index contributed by atoms with van der Waals surface area (Å²) in [5.41, 5.74) is 6.32. The molecule has 1 fully saturated rings. The Bertz CT molecular complexity index is 440. The van der Waals surface area contributed by atoms with Gasteiger partial charge >= 0.3 is 0 Å². The van der Waals surface area contributed by atoms with E-state index in [1.54, 1.807) is 12.1 Å². The number of likely N-dealkylation sites (tertiary alicyclic amines) is 1. The van der Waals surface area contributed by atoms with E-state index in [1.807, 2.05) is 17.0 Å². The van der Waals surface area contributed by atoms with Crippen molar-refractivity contribution in [3.05, 3.63) is 24.3 Å². The topological polar surface area (TPSA) is 55.6 Å². The van der Waals surface area contributed by atoms with E-state index in [9.17, 15) is 4.79 Å². The summed E-state index contributed by atoms with van der Waals surface area (Å²) in [6.07, 6.45) is 4.76. The van der Waals surface area contributed by atoms with Gasteiger partial charge in [0, 0.05) is 24.8 Å². The number of piperidine rings is 1. The molecule has 1 amide bonds. The van der Waals surface area contributed by atoms with Crippen LogP contribution < -0.4 is 10.5 Å². The van der Waals surface area contributed by atoms with Crippen molar-refractivity contribution in [2.24, 2.45) is 5.92 Å². The summed E-state index contributed by atoms with van der Waals surface area (Å²) in [6, 6.07) is 7.18. The number of benzene rings is 1. The molecule has 110 valence electrons. The Morgan fingerprint density at radius 3 is 2.80 bits per heavy atom. The Labute approximate surface area is 120 Å². The van der Waals surface area contributed by atoms with Crippen molar-refractivity contribution < 1.29 is 9.53 Å². The fraction of sp³-hybridized carbons (Fsp3) is 0.562. The third-order valence-corrected chi connectivity index (χ3v) is 3.88. The van der Waals surface area contributed by atoms with E-state index in [2.05, 4.69) is 6.92 Å². The fourth-order valence-corrected chi connectivity index (χ4v) is 2.72. The number of ether oxygens (including phenoxy) is 1. The zero-order chi connectivity index (χ0) is 14.4. The Kier molecular flexibility index (Phi) is 5.27. The Morgan fingerprint density at radius 2 is 2.15 bits per heavy atom. The second-order valence-electron chi connectivity index (χ2n) is 5.47. The number of carbonyl (C=O) groups excluding carboxylic acids is 1. The van der Waals surface area contributed by atoms with Crippen LogP contribution in [-0.2, 0) is 4.79 Å². The molecular formula is C16H24N2O2. The van der Waals surface area contributed by atoms with Gasteiger partial charge in [-0.25, -0.2) is 0 Å². The monoisotopic (exact) mass is 276 g/mol. The molecular weight excluding hydrogens is 252 g/mol. The van der Waals surface area contributed by atoms with Gasteiger partial charge in [-0.1, -0.05) is 25.8 Å². The maximum Gasteiger partial charge on any atom is 0.260 e. The van der Waals surface area contributed by atoms with Gasteiger partial charge in [-0.15, -0.1) is 0 Å². The van der Waals surface area contributed by atoms with Crippen LogP contribution in [0, 0.1) is 5.92 Å². The summed E-state index contributed by atoms with van der Waals surface area (Å²) < 4.78 is 5.50. The summed E-state index contributed by atoms with van der Waals surface area (Å²) >= 11 is 0. The highest BCUT2D eigenvalue weighted by Crippen LogP contribution is 2.22. The number of nitrogens with zero attached hydrogens (tertiary/aromatic N) is 1. The smallest absolute Gasteiger partial charge is 0.260 e. The second kappa shape index (κ2) is 7.17. The molecule has 2 rings (SSSR count). The number of rotatable bonds is 5. The number of hydrogen-bond acceptors (Lipinski definition) is 3. The summed E-state index contributed by atoms with van der Waals surface area (Å²) in [5, 5.41) is 0. The molecule has 4 nitrogen and oxygen atoms in total. The first-order valence-corrected chi connectivity index (χ1v) is 7.45. The highest BCUT2D eigenvalue weighted by atomic mass is 16.5. The standard InChI is InChI=1S/C16H24N2O2/c1-2-4-13-7-9-18(10-8-13)16(19)12-20-15-6-3-5-14(17)11-15/h3,5-6,11,13H,2,4,7-10,12,17H2,1H3. The average molecular weight is 276 g/mol. The van der Waals surface area contributed by atoms with Crippen molar-refractivity contribution in [3.63, 3.8) is 0 Å². The van der Waals surface area contributed by atoms with Crippen LogP contribution >= 0.6 is 0 Å². The van der Waals surface area contributed by atoms with Crippen molar-refractivity contribution in [1.82, 2.24) is 4.90 Å². The van der Waals surface area contributed by atoms with E-state index >= 15 is 0 Å². The minimum atomic E-state index is 0.0716. The molecule has 0 atom stereocenters. The molecule has 0 aromatic heterocycles. The van der Waals surface area contributed by atoms with Crippen molar-refractivity contribution in [3.8, 4) is 5.75 Å². The second-order valence-corrected chi connectivity index (χ2v) is 5.47. The van der Waals surface area contributed by atoms with Crippen molar-refractivity contribution in [1.29, 1.82) is 0 Å². The Hall–Kier alpha value is -1.71. The Morgan fingerprint density at radius 1 is 1.40 bits per heavy atom. The minimum absolute atomic E-state index is 0.0716. The van der Waals surface area contributed by atoms with Gasteiger partial charge < -0.3 is 15.4 Å². The quantitative estimate of drug-likeness (QED) is 0.841. The van der Waals surface area contributed by atoms with Crippen LogP contribution in [0.1, 0.15) is 32.6 Å². The van der Waals surface area contributed by atoms with Crippen LogP contribution in [0.25, 0.3) is 0 Å². The van der Waals surface area contributed by atoms with E-state index in [0.29, 0.717) is 11.4 Å². The first-order valence-electron chi connectivity index (χ1n) is 7.45. The van der Waals surface area contributed by atoms with Crippen LogP contribution in [0.5, 0.6) is 5.75 Å². The lowest BCUT2D eigenvalue weighted by Crippen LogP contribution is -2.40. The molecule has 0 aliphatic carbocycles. The van der Waals surface area contributed by atoms with Crippen molar-refractivity contribution >= 4 is 11.6 Å². The molecule has 1 aromatic carbocycles. The molecule has 1 aliphatic rings. The van der Waals surface area contributed by atoms with Crippen LogP contribution in [0.3, 0.4) is 0 Å². The lowest BCUT2D eigenvalue weighted by atomic mass is 9.92. The number of nitrogen functional groups attached to an aromatic ring is 1.